The molecule has 2 heteroatoms. The molecular formula is C61H110O2. The van der Waals surface area contributed by atoms with Crippen molar-refractivity contribution in [1.29, 1.82) is 0 Å². The van der Waals surface area contributed by atoms with E-state index in [1.165, 1.54) is 238 Å². The van der Waals surface area contributed by atoms with E-state index in [1.54, 1.807) is 5.57 Å². The number of hydrogen-bond donors (Lipinski definition) is 0. The first-order valence-corrected chi connectivity index (χ1v) is 29.2. The van der Waals surface area contributed by atoms with E-state index in [2.05, 4.69) is 59.8 Å². The van der Waals surface area contributed by atoms with Gasteiger partial charge in [-0.3, -0.25) is 4.79 Å². The average Bonchev–Trinajstić information content (AvgIpc) is 3.63. The molecule has 8 unspecified atom stereocenters. The lowest BCUT2D eigenvalue weighted by atomic mass is 9.47. The van der Waals surface area contributed by atoms with Crippen LogP contribution in [0.3, 0.4) is 0 Å². The smallest absolute Gasteiger partial charge is 0.306 e. The lowest BCUT2D eigenvalue weighted by Crippen LogP contribution is -2.51. The van der Waals surface area contributed by atoms with Crippen molar-refractivity contribution in [3.05, 3.63) is 23.8 Å². The second-order valence-corrected chi connectivity index (χ2v) is 23.6. The highest BCUT2D eigenvalue weighted by atomic mass is 16.5. The molecule has 0 aliphatic heterocycles. The molecule has 0 amide bonds. The largest absolute Gasteiger partial charge is 0.462 e. The first-order valence-electron chi connectivity index (χ1n) is 29.2. The minimum absolute atomic E-state index is 0.0688. The summed E-state index contributed by atoms with van der Waals surface area (Å²) < 4.78 is 6.18. The molecule has 4 rings (SSSR count). The van der Waals surface area contributed by atoms with Crippen molar-refractivity contribution >= 4 is 5.97 Å². The molecule has 0 N–H and O–H groups in total. The lowest BCUT2D eigenvalue weighted by molar-refractivity contribution is -0.151. The number of unbranched alkanes of at least 4 members (excludes halogenated alkanes) is 27. The Bertz CT molecular complexity index is 1230. The van der Waals surface area contributed by atoms with Crippen molar-refractivity contribution in [3.63, 3.8) is 0 Å². The molecule has 0 radical (unpaired) electrons. The van der Waals surface area contributed by atoms with Gasteiger partial charge in [-0.05, 0) is 123 Å². The Kier molecular flexibility index (Phi) is 27.6. The molecule has 366 valence electrons. The standard InChI is InChI=1S/C61H110O2/c1-7-8-9-10-11-12-13-14-15-16-17-18-19-20-21-22-23-24-25-26-27-28-29-30-31-32-33-34-35-36-37-41-59(62)63-54-46-48-60(5)53(50-54)42-43-55-57-45-44-56(52(4)40-38-39-51(2)3)61(57,6)49-47-58(55)60/h16-17,42,51-52,54-58H,7-15,18-41,43-50H2,1-6H3/b17-16-. The molecule has 0 aromatic rings. The van der Waals surface area contributed by atoms with Crippen molar-refractivity contribution in [2.24, 2.45) is 46.3 Å². The number of allylic oxidation sites excluding steroid dienone is 3. The summed E-state index contributed by atoms with van der Waals surface area (Å²) in [4.78, 5) is 12.9. The molecule has 63 heavy (non-hydrogen) atoms. The number of fused-ring (bicyclic) bond motifs is 5. The number of carbonyl (C=O) groups is 1. The minimum atomic E-state index is 0.0688. The van der Waals surface area contributed by atoms with Crippen LogP contribution in [0.2, 0.25) is 0 Å². The summed E-state index contributed by atoms with van der Waals surface area (Å²) in [6, 6.07) is 0. The normalized spacial score (nSPS) is 27.3. The van der Waals surface area contributed by atoms with Crippen molar-refractivity contribution in [2.45, 2.75) is 311 Å². The highest BCUT2D eigenvalue weighted by Gasteiger charge is 2.59. The molecule has 0 bridgehead atoms. The third kappa shape index (κ3) is 19.6. The van der Waals surface area contributed by atoms with Gasteiger partial charge in [-0.1, -0.05) is 239 Å². The summed E-state index contributed by atoms with van der Waals surface area (Å²) >= 11 is 0. The number of carbonyl (C=O) groups excluding carboxylic acids is 1. The van der Waals surface area contributed by atoms with E-state index in [4.69, 9.17) is 4.74 Å². The van der Waals surface area contributed by atoms with Crippen LogP contribution in [0.1, 0.15) is 305 Å². The van der Waals surface area contributed by atoms with Crippen LogP contribution in [0.5, 0.6) is 0 Å². The number of esters is 1. The van der Waals surface area contributed by atoms with Gasteiger partial charge in [0.1, 0.15) is 6.10 Å². The van der Waals surface area contributed by atoms with Crippen LogP contribution in [0, 0.1) is 46.3 Å². The second kappa shape index (κ2) is 31.8. The van der Waals surface area contributed by atoms with Crippen LogP contribution in [-0.4, -0.2) is 12.1 Å². The summed E-state index contributed by atoms with van der Waals surface area (Å²) in [5, 5.41) is 0. The molecule has 3 saturated carbocycles. The molecule has 0 saturated heterocycles. The summed E-state index contributed by atoms with van der Waals surface area (Å²) in [7, 11) is 0. The zero-order chi connectivity index (χ0) is 45.0. The van der Waals surface area contributed by atoms with Gasteiger partial charge in [0, 0.05) is 12.8 Å². The van der Waals surface area contributed by atoms with E-state index < -0.39 is 0 Å². The van der Waals surface area contributed by atoms with Gasteiger partial charge in [-0.25, -0.2) is 0 Å². The van der Waals surface area contributed by atoms with Crippen LogP contribution in [0.25, 0.3) is 0 Å². The number of ether oxygens (including phenoxy) is 1. The molecule has 8 atom stereocenters. The fourth-order valence-electron chi connectivity index (χ4n) is 14.2. The van der Waals surface area contributed by atoms with E-state index in [-0.39, 0.29) is 12.1 Å². The zero-order valence-electron chi connectivity index (χ0n) is 43.6. The maximum absolute atomic E-state index is 12.9. The fourth-order valence-corrected chi connectivity index (χ4v) is 14.2. The molecule has 4 aliphatic rings. The summed E-state index contributed by atoms with van der Waals surface area (Å²) in [5.74, 6) is 5.33. The Morgan fingerprint density at radius 1 is 0.603 bits per heavy atom. The van der Waals surface area contributed by atoms with Gasteiger partial charge >= 0.3 is 5.97 Å². The van der Waals surface area contributed by atoms with Gasteiger partial charge in [0.05, 0.1) is 0 Å². The molecule has 0 aromatic heterocycles. The predicted octanol–water partition coefficient (Wildman–Crippen LogP) is 20.2. The Labute approximate surface area is 395 Å². The highest BCUT2D eigenvalue weighted by Crippen LogP contribution is 2.67. The number of rotatable bonds is 37. The number of hydrogen-bond acceptors (Lipinski definition) is 2. The maximum atomic E-state index is 12.9. The molecule has 0 spiro atoms. The maximum Gasteiger partial charge on any atom is 0.306 e. The topological polar surface area (TPSA) is 26.3 Å². The molecule has 3 fully saturated rings. The summed E-state index contributed by atoms with van der Waals surface area (Å²) in [6.45, 7) is 15.0. The Morgan fingerprint density at radius 3 is 1.63 bits per heavy atom. The predicted molar refractivity (Wildman–Crippen MR) is 276 cm³/mol. The van der Waals surface area contributed by atoms with Crippen molar-refractivity contribution < 1.29 is 9.53 Å². The van der Waals surface area contributed by atoms with E-state index in [0.717, 1.165) is 54.8 Å². The van der Waals surface area contributed by atoms with Crippen LogP contribution in [-0.2, 0) is 9.53 Å². The van der Waals surface area contributed by atoms with Crippen molar-refractivity contribution in [2.75, 3.05) is 0 Å². The fraction of sp³-hybridized carbons (Fsp3) is 0.918. The van der Waals surface area contributed by atoms with Gasteiger partial charge in [-0.2, -0.15) is 0 Å². The third-order valence-corrected chi connectivity index (χ3v) is 18.2. The Balaban J connectivity index is 0.901. The minimum Gasteiger partial charge on any atom is -0.462 e. The monoisotopic (exact) mass is 875 g/mol. The second-order valence-electron chi connectivity index (χ2n) is 23.6. The van der Waals surface area contributed by atoms with Crippen LogP contribution in [0.15, 0.2) is 23.8 Å². The highest BCUT2D eigenvalue weighted by molar-refractivity contribution is 5.69. The lowest BCUT2D eigenvalue weighted by Gasteiger charge is -2.58. The molecular weight excluding hydrogens is 765 g/mol. The SMILES string of the molecule is CCCCCCCCCC/C=C\CCCCCCCCCCCCCCCCCCCCCC(=O)OC1CCC2(C)C(=CCC3C2CCC2(C)C(C(C)CCCC(C)C)CCC32)C1. The van der Waals surface area contributed by atoms with E-state index >= 15 is 0 Å². The average molecular weight is 876 g/mol. The molecule has 4 aliphatic carbocycles. The van der Waals surface area contributed by atoms with Gasteiger partial charge in [0.15, 0.2) is 0 Å². The van der Waals surface area contributed by atoms with Crippen LogP contribution < -0.4 is 0 Å². The zero-order valence-corrected chi connectivity index (χ0v) is 43.6. The third-order valence-electron chi connectivity index (χ3n) is 18.2. The Hall–Kier alpha value is -1.05. The van der Waals surface area contributed by atoms with Gasteiger partial charge in [0.25, 0.3) is 0 Å². The first kappa shape index (κ1) is 54.6. The molecule has 2 nitrogen and oxygen atoms in total. The van der Waals surface area contributed by atoms with E-state index in [0.29, 0.717) is 17.3 Å². The quantitative estimate of drug-likeness (QED) is 0.0353. The molecule has 0 aromatic carbocycles. The van der Waals surface area contributed by atoms with Crippen LogP contribution in [0.4, 0.5) is 0 Å². The van der Waals surface area contributed by atoms with Gasteiger partial charge in [-0.15, -0.1) is 0 Å². The van der Waals surface area contributed by atoms with Gasteiger partial charge < -0.3 is 4.74 Å². The van der Waals surface area contributed by atoms with E-state index in [9.17, 15) is 4.79 Å². The first-order chi connectivity index (χ1) is 30.7. The van der Waals surface area contributed by atoms with Crippen LogP contribution >= 0.6 is 0 Å². The van der Waals surface area contributed by atoms with Crippen molar-refractivity contribution in [3.8, 4) is 0 Å². The summed E-state index contributed by atoms with van der Waals surface area (Å²) in [5.41, 5.74) is 2.53. The Morgan fingerprint density at radius 2 is 1.11 bits per heavy atom. The summed E-state index contributed by atoms with van der Waals surface area (Å²) in [6.07, 6.45) is 63.2. The van der Waals surface area contributed by atoms with Crippen molar-refractivity contribution in [1.82, 2.24) is 0 Å². The molecule has 0 heterocycles. The van der Waals surface area contributed by atoms with Gasteiger partial charge in [0.2, 0.25) is 0 Å². The van der Waals surface area contributed by atoms with E-state index in [1.807, 2.05) is 0 Å².